The lowest BCUT2D eigenvalue weighted by Gasteiger charge is -2.09. The molecule has 0 aliphatic rings. The predicted molar refractivity (Wildman–Crippen MR) is 66.1 cm³/mol. The molecule has 1 aromatic rings. The number of sulfone groups is 1. The van der Waals surface area contributed by atoms with Crippen molar-refractivity contribution in [2.75, 3.05) is 0 Å². The summed E-state index contributed by atoms with van der Waals surface area (Å²) in [5.74, 6) is 0. The van der Waals surface area contributed by atoms with E-state index in [1.165, 1.54) is 0 Å². The molecule has 0 bridgehead atoms. The first kappa shape index (κ1) is 13.2. The van der Waals surface area contributed by atoms with Crippen LogP contribution in [0.15, 0.2) is 29.2 Å². The standard InChI is InChI=1S/C12H19NO2S/c1-9(2)16(14,15)12-6-4-11(5-7-12)8-10(3)13/h4-7,9-10H,8,13H2,1-3H3. The highest BCUT2D eigenvalue weighted by Gasteiger charge is 2.18. The molecule has 0 saturated heterocycles. The summed E-state index contributed by atoms with van der Waals surface area (Å²) in [5.41, 5.74) is 6.75. The van der Waals surface area contributed by atoms with E-state index in [2.05, 4.69) is 0 Å². The molecule has 3 nitrogen and oxygen atoms in total. The van der Waals surface area contributed by atoms with Gasteiger partial charge in [0.15, 0.2) is 9.84 Å². The molecule has 1 atom stereocenters. The maximum Gasteiger partial charge on any atom is 0.180 e. The normalized spacial score (nSPS) is 14.1. The SMILES string of the molecule is CC(N)Cc1ccc(S(=O)(=O)C(C)C)cc1. The Balaban J connectivity index is 2.96. The van der Waals surface area contributed by atoms with Crippen molar-refractivity contribution in [2.45, 2.75) is 43.4 Å². The molecule has 0 amide bonds. The third-order valence-corrected chi connectivity index (χ3v) is 4.60. The highest BCUT2D eigenvalue weighted by atomic mass is 32.2. The Morgan fingerprint density at radius 1 is 1.12 bits per heavy atom. The average Bonchev–Trinajstić information content (AvgIpc) is 2.17. The molecule has 1 unspecified atom stereocenters. The van der Waals surface area contributed by atoms with Crippen LogP contribution in [-0.4, -0.2) is 19.7 Å². The molecule has 0 radical (unpaired) electrons. The fourth-order valence-corrected chi connectivity index (χ4v) is 2.52. The van der Waals surface area contributed by atoms with Gasteiger partial charge in [-0.2, -0.15) is 0 Å². The molecule has 0 spiro atoms. The zero-order valence-electron chi connectivity index (χ0n) is 9.97. The minimum atomic E-state index is -3.15. The van der Waals surface area contributed by atoms with Crippen LogP contribution >= 0.6 is 0 Å². The van der Waals surface area contributed by atoms with Gasteiger partial charge in [-0.15, -0.1) is 0 Å². The maximum absolute atomic E-state index is 11.8. The van der Waals surface area contributed by atoms with Crippen molar-refractivity contribution < 1.29 is 8.42 Å². The smallest absolute Gasteiger partial charge is 0.180 e. The molecular weight excluding hydrogens is 222 g/mol. The Hall–Kier alpha value is -0.870. The molecule has 1 rings (SSSR count). The van der Waals surface area contributed by atoms with Gasteiger partial charge in [-0.1, -0.05) is 12.1 Å². The number of nitrogens with two attached hydrogens (primary N) is 1. The number of rotatable bonds is 4. The van der Waals surface area contributed by atoms with Crippen LogP contribution in [0, 0.1) is 0 Å². The first-order valence-corrected chi connectivity index (χ1v) is 6.97. The van der Waals surface area contributed by atoms with Crippen LogP contribution in [0.1, 0.15) is 26.3 Å². The summed E-state index contributed by atoms with van der Waals surface area (Å²) in [6.45, 7) is 5.30. The molecule has 90 valence electrons. The van der Waals surface area contributed by atoms with Gasteiger partial charge in [0, 0.05) is 6.04 Å². The largest absolute Gasteiger partial charge is 0.328 e. The second kappa shape index (κ2) is 4.97. The molecule has 0 saturated carbocycles. The third kappa shape index (κ3) is 3.06. The third-order valence-electron chi connectivity index (χ3n) is 2.43. The van der Waals surface area contributed by atoms with Gasteiger partial charge in [-0.25, -0.2) is 8.42 Å². The van der Waals surface area contributed by atoms with Crippen molar-refractivity contribution in [3.05, 3.63) is 29.8 Å². The Labute approximate surface area is 97.6 Å². The van der Waals surface area contributed by atoms with Crippen molar-refractivity contribution in [1.29, 1.82) is 0 Å². The summed E-state index contributed by atoms with van der Waals surface area (Å²) in [7, 11) is -3.15. The van der Waals surface area contributed by atoms with E-state index in [0.29, 0.717) is 4.90 Å². The fraction of sp³-hybridized carbons (Fsp3) is 0.500. The van der Waals surface area contributed by atoms with Crippen LogP contribution in [-0.2, 0) is 16.3 Å². The van der Waals surface area contributed by atoms with E-state index in [9.17, 15) is 8.42 Å². The second-order valence-electron chi connectivity index (χ2n) is 4.42. The van der Waals surface area contributed by atoms with E-state index in [-0.39, 0.29) is 11.3 Å². The van der Waals surface area contributed by atoms with Gasteiger partial charge in [0.05, 0.1) is 10.1 Å². The summed E-state index contributed by atoms with van der Waals surface area (Å²) in [6, 6.07) is 7.07. The second-order valence-corrected chi connectivity index (χ2v) is 6.92. The lowest BCUT2D eigenvalue weighted by Crippen LogP contribution is -2.18. The monoisotopic (exact) mass is 241 g/mol. The topological polar surface area (TPSA) is 60.2 Å². The van der Waals surface area contributed by atoms with Crippen molar-refractivity contribution in [3.63, 3.8) is 0 Å². The van der Waals surface area contributed by atoms with E-state index >= 15 is 0 Å². The molecule has 0 fully saturated rings. The van der Waals surface area contributed by atoms with Crippen LogP contribution in [0.25, 0.3) is 0 Å². The van der Waals surface area contributed by atoms with Crippen molar-refractivity contribution >= 4 is 9.84 Å². The molecule has 2 N–H and O–H groups in total. The number of benzene rings is 1. The predicted octanol–water partition coefficient (Wildman–Crippen LogP) is 1.76. The summed E-state index contributed by atoms with van der Waals surface area (Å²) < 4.78 is 23.7. The lowest BCUT2D eigenvalue weighted by molar-refractivity contribution is 0.587. The average molecular weight is 241 g/mol. The van der Waals surface area contributed by atoms with Crippen LogP contribution in [0.3, 0.4) is 0 Å². The Morgan fingerprint density at radius 3 is 2.00 bits per heavy atom. The fourth-order valence-electron chi connectivity index (χ4n) is 1.46. The van der Waals surface area contributed by atoms with Gasteiger partial charge in [-0.3, -0.25) is 0 Å². The van der Waals surface area contributed by atoms with Crippen molar-refractivity contribution in [1.82, 2.24) is 0 Å². The van der Waals surface area contributed by atoms with Gasteiger partial charge in [0.2, 0.25) is 0 Å². The zero-order valence-corrected chi connectivity index (χ0v) is 10.8. The molecule has 1 aromatic carbocycles. The summed E-state index contributed by atoms with van der Waals surface area (Å²) in [5, 5.41) is -0.383. The molecular formula is C12H19NO2S. The summed E-state index contributed by atoms with van der Waals surface area (Å²) in [6.07, 6.45) is 0.766. The number of hydrogen-bond acceptors (Lipinski definition) is 3. The van der Waals surface area contributed by atoms with Crippen LogP contribution < -0.4 is 5.73 Å². The zero-order chi connectivity index (χ0) is 12.3. The van der Waals surface area contributed by atoms with Crippen LogP contribution in [0.2, 0.25) is 0 Å². The van der Waals surface area contributed by atoms with E-state index < -0.39 is 9.84 Å². The minimum Gasteiger partial charge on any atom is -0.328 e. The Kier molecular flexibility index (Phi) is 4.10. The quantitative estimate of drug-likeness (QED) is 0.873. The summed E-state index contributed by atoms with van der Waals surface area (Å²) in [4.78, 5) is 0.385. The lowest BCUT2D eigenvalue weighted by atomic mass is 10.1. The van der Waals surface area contributed by atoms with Gasteiger partial charge < -0.3 is 5.73 Å². The molecule has 16 heavy (non-hydrogen) atoms. The highest BCUT2D eigenvalue weighted by molar-refractivity contribution is 7.92. The summed E-state index contributed by atoms with van der Waals surface area (Å²) >= 11 is 0. The van der Waals surface area contributed by atoms with Crippen LogP contribution in [0.4, 0.5) is 0 Å². The van der Waals surface area contributed by atoms with E-state index in [1.54, 1.807) is 26.0 Å². The van der Waals surface area contributed by atoms with Crippen molar-refractivity contribution in [2.24, 2.45) is 5.73 Å². The van der Waals surface area contributed by atoms with Crippen LogP contribution in [0.5, 0.6) is 0 Å². The maximum atomic E-state index is 11.8. The Morgan fingerprint density at radius 2 is 1.62 bits per heavy atom. The molecule has 0 aliphatic carbocycles. The molecule has 4 heteroatoms. The van der Waals surface area contributed by atoms with Gasteiger partial charge in [-0.05, 0) is 44.9 Å². The first-order chi connectivity index (χ1) is 7.34. The first-order valence-electron chi connectivity index (χ1n) is 5.42. The van der Waals surface area contributed by atoms with E-state index in [0.717, 1.165) is 12.0 Å². The number of hydrogen-bond donors (Lipinski definition) is 1. The van der Waals surface area contributed by atoms with E-state index in [1.807, 2.05) is 19.1 Å². The minimum absolute atomic E-state index is 0.0903. The highest BCUT2D eigenvalue weighted by Crippen LogP contribution is 2.16. The van der Waals surface area contributed by atoms with Crippen molar-refractivity contribution in [3.8, 4) is 0 Å². The Bertz CT molecular complexity index is 433. The van der Waals surface area contributed by atoms with E-state index in [4.69, 9.17) is 5.73 Å². The molecule has 0 aromatic heterocycles. The van der Waals surface area contributed by atoms with Gasteiger partial charge >= 0.3 is 0 Å². The van der Waals surface area contributed by atoms with Gasteiger partial charge in [0.25, 0.3) is 0 Å². The molecule has 0 heterocycles. The van der Waals surface area contributed by atoms with Gasteiger partial charge in [0.1, 0.15) is 0 Å². The molecule has 0 aliphatic heterocycles.